The van der Waals surface area contributed by atoms with Crippen molar-refractivity contribution < 1.29 is 14.3 Å². The van der Waals surface area contributed by atoms with Crippen LogP contribution in [0.25, 0.3) is 0 Å². The Balaban J connectivity index is 1.37. The molecule has 0 saturated carbocycles. The molecule has 8 heteroatoms. The van der Waals surface area contributed by atoms with Crippen LogP contribution in [0.2, 0.25) is 5.02 Å². The zero-order valence-electron chi connectivity index (χ0n) is 14.2. The first-order valence-electron chi connectivity index (χ1n) is 8.55. The second kappa shape index (κ2) is 7.19. The summed E-state index contributed by atoms with van der Waals surface area (Å²) in [5.41, 5.74) is 1.29. The second-order valence-corrected chi connectivity index (χ2v) is 6.76. The van der Waals surface area contributed by atoms with E-state index in [9.17, 15) is 4.79 Å². The van der Waals surface area contributed by atoms with Gasteiger partial charge in [0.2, 0.25) is 5.95 Å². The highest BCUT2D eigenvalue weighted by molar-refractivity contribution is 6.30. The smallest absolute Gasteiger partial charge is 0.256 e. The average molecular weight is 375 g/mol. The van der Waals surface area contributed by atoms with Crippen LogP contribution in [0, 0.1) is 0 Å². The van der Waals surface area contributed by atoms with Gasteiger partial charge in [0.1, 0.15) is 0 Å². The first-order chi connectivity index (χ1) is 12.6. The fraction of sp³-hybridized carbons (Fsp3) is 0.389. The van der Waals surface area contributed by atoms with Crippen LogP contribution in [-0.4, -0.2) is 52.9 Å². The van der Waals surface area contributed by atoms with Crippen LogP contribution in [0.4, 0.5) is 11.6 Å². The molecule has 2 aliphatic rings. The number of carbonyl (C=O) groups excluding carboxylic acids is 1. The van der Waals surface area contributed by atoms with Crippen molar-refractivity contribution >= 4 is 29.1 Å². The molecule has 7 nitrogen and oxygen atoms in total. The maximum atomic E-state index is 12.6. The number of aromatic nitrogens is 2. The number of nitrogens with one attached hydrogen (secondary N) is 1. The van der Waals surface area contributed by atoms with Gasteiger partial charge in [0.25, 0.3) is 5.91 Å². The number of anilines is 2. The van der Waals surface area contributed by atoms with E-state index in [1.165, 1.54) is 0 Å². The van der Waals surface area contributed by atoms with E-state index in [0.717, 1.165) is 5.69 Å². The van der Waals surface area contributed by atoms with Crippen molar-refractivity contribution in [1.82, 2.24) is 14.9 Å². The summed E-state index contributed by atoms with van der Waals surface area (Å²) >= 11 is 5.87. The number of hydrogen-bond donors (Lipinski definition) is 1. The first-order valence-corrected chi connectivity index (χ1v) is 8.93. The molecule has 0 unspecified atom stereocenters. The van der Waals surface area contributed by atoms with E-state index in [0.29, 0.717) is 55.7 Å². The van der Waals surface area contributed by atoms with Crippen molar-refractivity contribution in [2.75, 3.05) is 31.6 Å². The molecule has 1 N–H and O–H groups in total. The molecule has 2 saturated heterocycles. The number of amides is 1. The summed E-state index contributed by atoms with van der Waals surface area (Å²) in [6, 6.07) is 7.23. The molecule has 136 valence electrons. The SMILES string of the molecule is O=C(c1cnc(Nc2ccc(Cl)cc2)nc1)N1CCC2(CC1)OCCO2. The van der Waals surface area contributed by atoms with Gasteiger partial charge in [-0.3, -0.25) is 4.79 Å². The van der Waals surface area contributed by atoms with Crippen molar-refractivity contribution in [3.8, 4) is 0 Å². The van der Waals surface area contributed by atoms with Crippen LogP contribution in [-0.2, 0) is 9.47 Å². The maximum Gasteiger partial charge on any atom is 0.256 e. The van der Waals surface area contributed by atoms with Gasteiger partial charge in [-0.05, 0) is 24.3 Å². The monoisotopic (exact) mass is 374 g/mol. The third-order valence-electron chi connectivity index (χ3n) is 4.63. The zero-order valence-corrected chi connectivity index (χ0v) is 14.9. The molecule has 2 aliphatic heterocycles. The molecule has 0 aliphatic carbocycles. The third-order valence-corrected chi connectivity index (χ3v) is 4.88. The highest BCUT2D eigenvalue weighted by atomic mass is 35.5. The average Bonchev–Trinajstić information content (AvgIpc) is 3.12. The summed E-state index contributed by atoms with van der Waals surface area (Å²) in [7, 11) is 0. The number of ether oxygens (including phenoxy) is 2. The number of nitrogens with zero attached hydrogens (tertiary/aromatic N) is 3. The quantitative estimate of drug-likeness (QED) is 0.890. The topological polar surface area (TPSA) is 76.6 Å². The Morgan fingerprint density at radius 3 is 2.31 bits per heavy atom. The lowest BCUT2D eigenvalue weighted by molar-refractivity contribution is -0.181. The predicted molar refractivity (Wildman–Crippen MR) is 96.5 cm³/mol. The third kappa shape index (κ3) is 3.65. The van der Waals surface area contributed by atoms with Crippen molar-refractivity contribution in [3.05, 3.63) is 47.2 Å². The molecule has 0 atom stereocenters. The Bertz CT molecular complexity index is 766. The molecule has 3 heterocycles. The lowest BCUT2D eigenvalue weighted by Gasteiger charge is -2.37. The predicted octanol–water partition coefficient (Wildman–Crippen LogP) is 2.85. The van der Waals surface area contributed by atoms with E-state index < -0.39 is 5.79 Å². The minimum atomic E-state index is -0.486. The highest BCUT2D eigenvalue weighted by Gasteiger charge is 2.40. The van der Waals surface area contributed by atoms with E-state index in [4.69, 9.17) is 21.1 Å². The summed E-state index contributed by atoms with van der Waals surface area (Å²) in [5.74, 6) is -0.135. The van der Waals surface area contributed by atoms with Gasteiger partial charge in [-0.15, -0.1) is 0 Å². The Hall–Kier alpha value is -2.22. The molecule has 4 rings (SSSR count). The van der Waals surface area contributed by atoms with Crippen LogP contribution >= 0.6 is 11.6 Å². The van der Waals surface area contributed by atoms with E-state index in [1.807, 2.05) is 12.1 Å². The lowest BCUT2D eigenvalue weighted by Crippen LogP contribution is -2.47. The summed E-state index contributed by atoms with van der Waals surface area (Å²) in [5, 5.41) is 3.73. The van der Waals surface area contributed by atoms with Crippen molar-refractivity contribution in [2.24, 2.45) is 0 Å². The molecule has 2 fully saturated rings. The van der Waals surface area contributed by atoms with Crippen LogP contribution < -0.4 is 5.32 Å². The number of halogens is 1. The summed E-state index contributed by atoms with van der Waals surface area (Å²) < 4.78 is 11.4. The number of likely N-dealkylation sites (tertiary alicyclic amines) is 1. The highest BCUT2D eigenvalue weighted by Crippen LogP contribution is 2.31. The fourth-order valence-corrected chi connectivity index (χ4v) is 3.31. The van der Waals surface area contributed by atoms with Crippen molar-refractivity contribution in [2.45, 2.75) is 18.6 Å². The Morgan fingerprint density at radius 1 is 1.08 bits per heavy atom. The maximum absolute atomic E-state index is 12.6. The van der Waals surface area contributed by atoms with Gasteiger partial charge in [-0.25, -0.2) is 9.97 Å². The minimum absolute atomic E-state index is 0.0733. The number of carbonyl (C=O) groups is 1. The normalized spacial score (nSPS) is 18.9. The zero-order chi connectivity index (χ0) is 18.0. The van der Waals surface area contributed by atoms with Crippen LogP contribution in [0.3, 0.4) is 0 Å². The van der Waals surface area contributed by atoms with Crippen molar-refractivity contribution in [1.29, 1.82) is 0 Å². The molecular weight excluding hydrogens is 356 g/mol. The molecule has 1 amide bonds. The molecule has 1 aromatic heterocycles. The van der Waals surface area contributed by atoms with Gasteiger partial charge < -0.3 is 19.7 Å². The van der Waals surface area contributed by atoms with Gasteiger partial charge in [0, 0.05) is 49.0 Å². The van der Waals surface area contributed by atoms with Gasteiger partial charge in [0.15, 0.2) is 5.79 Å². The minimum Gasteiger partial charge on any atom is -0.347 e. The Morgan fingerprint density at radius 2 is 1.69 bits per heavy atom. The molecule has 1 aromatic carbocycles. The largest absolute Gasteiger partial charge is 0.347 e. The number of hydrogen-bond acceptors (Lipinski definition) is 6. The molecule has 0 radical (unpaired) electrons. The standard InChI is InChI=1S/C18H19ClN4O3/c19-14-1-3-15(4-2-14)22-17-20-11-13(12-21-17)16(24)23-7-5-18(6-8-23)25-9-10-26-18/h1-4,11-12H,5-10H2,(H,20,21,22). The second-order valence-electron chi connectivity index (χ2n) is 6.33. The molecule has 26 heavy (non-hydrogen) atoms. The summed E-state index contributed by atoms with van der Waals surface area (Å²) in [4.78, 5) is 22.9. The molecular formula is C18H19ClN4O3. The first kappa shape index (κ1) is 17.2. The van der Waals surface area contributed by atoms with E-state index in [2.05, 4.69) is 15.3 Å². The number of piperidine rings is 1. The fourth-order valence-electron chi connectivity index (χ4n) is 3.18. The number of rotatable bonds is 3. The molecule has 1 spiro atoms. The van der Waals surface area contributed by atoms with Gasteiger partial charge in [-0.2, -0.15) is 0 Å². The lowest BCUT2D eigenvalue weighted by atomic mass is 10.0. The summed E-state index contributed by atoms with van der Waals surface area (Å²) in [6.07, 6.45) is 4.46. The molecule has 0 bridgehead atoms. The van der Waals surface area contributed by atoms with Gasteiger partial charge in [-0.1, -0.05) is 11.6 Å². The molecule has 2 aromatic rings. The van der Waals surface area contributed by atoms with E-state index >= 15 is 0 Å². The van der Waals surface area contributed by atoms with Crippen LogP contribution in [0.1, 0.15) is 23.2 Å². The Labute approximate surface area is 156 Å². The van der Waals surface area contributed by atoms with E-state index in [-0.39, 0.29) is 5.91 Å². The van der Waals surface area contributed by atoms with Crippen molar-refractivity contribution in [3.63, 3.8) is 0 Å². The Kier molecular flexibility index (Phi) is 4.76. The summed E-state index contributed by atoms with van der Waals surface area (Å²) in [6.45, 7) is 2.46. The van der Waals surface area contributed by atoms with Gasteiger partial charge >= 0.3 is 0 Å². The number of benzene rings is 1. The van der Waals surface area contributed by atoms with Crippen LogP contribution in [0.5, 0.6) is 0 Å². The van der Waals surface area contributed by atoms with Gasteiger partial charge in [0.05, 0.1) is 18.8 Å². The van der Waals surface area contributed by atoms with Crippen LogP contribution in [0.15, 0.2) is 36.7 Å². The van der Waals surface area contributed by atoms with E-state index in [1.54, 1.807) is 29.4 Å².